The van der Waals surface area contributed by atoms with E-state index in [1.807, 2.05) is 0 Å². The van der Waals surface area contributed by atoms with Crippen LogP contribution in [0.5, 0.6) is 0 Å². The number of aliphatic hydroxyl groups excluding tert-OH is 1. The van der Waals surface area contributed by atoms with Crippen LogP contribution in [-0.2, 0) is 0 Å². The molecule has 0 aromatic heterocycles. The number of hydrogen-bond acceptors (Lipinski definition) is 3. The maximum Gasteiger partial charge on any atom is 0.319 e. The molecule has 0 fully saturated rings. The quantitative estimate of drug-likeness (QED) is 0.645. The third-order valence-electron chi connectivity index (χ3n) is 4.32. The molecule has 5 nitrogen and oxygen atoms in total. The zero-order chi connectivity index (χ0) is 16.6. The first kappa shape index (κ1) is 18.2. The maximum absolute atomic E-state index is 12.0. The summed E-state index contributed by atoms with van der Waals surface area (Å²) in [6.45, 7) is 6.29. The molecule has 0 saturated heterocycles. The predicted octanol–water partition coefficient (Wildman–Crippen LogP) is 3.20. The molecule has 0 aliphatic carbocycles. The largest absolute Gasteiger partial charge is 0.396 e. The minimum absolute atomic E-state index is 0.00400. The first-order valence-corrected chi connectivity index (χ1v) is 7.73. The van der Waals surface area contributed by atoms with Gasteiger partial charge in [-0.25, -0.2) is 4.79 Å². The molecule has 0 radical (unpaired) electrons. The molecule has 0 unspecified atom stereocenters. The summed E-state index contributed by atoms with van der Waals surface area (Å²) in [4.78, 5) is 23.2. The normalized spacial score (nSPS) is 11.1. The number of urea groups is 1. The Morgan fingerprint density at radius 3 is 2.18 bits per heavy atom. The number of rotatable bonds is 8. The van der Waals surface area contributed by atoms with Gasteiger partial charge in [0.15, 0.2) is 5.78 Å². The van der Waals surface area contributed by atoms with E-state index in [4.69, 9.17) is 0 Å². The maximum atomic E-state index is 12.0. The highest BCUT2D eigenvalue weighted by Crippen LogP contribution is 2.29. The number of carbonyl (C=O) groups excluding carboxylic acids is 2. The molecule has 22 heavy (non-hydrogen) atoms. The molecule has 0 bridgehead atoms. The Bertz CT molecular complexity index is 493. The first-order valence-electron chi connectivity index (χ1n) is 7.73. The van der Waals surface area contributed by atoms with Crippen molar-refractivity contribution in [3.63, 3.8) is 0 Å². The summed E-state index contributed by atoms with van der Waals surface area (Å²) in [5.41, 5.74) is 1.19. The first-order chi connectivity index (χ1) is 10.5. The van der Waals surface area contributed by atoms with Crippen molar-refractivity contribution in [2.45, 2.75) is 40.0 Å². The summed E-state index contributed by atoms with van der Waals surface area (Å²) in [5, 5.41) is 14.8. The molecule has 0 heterocycles. The fourth-order valence-corrected chi connectivity index (χ4v) is 2.41. The number of hydrogen-bond donors (Lipinski definition) is 3. The van der Waals surface area contributed by atoms with Gasteiger partial charge < -0.3 is 15.7 Å². The minimum atomic E-state index is -0.278. The highest BCUT2D eigenvalue weighted by Gasteiger charge is 2.26. The second kappa shape index (κ2) is 8.54. The summed E-state index contributed by atoms with van der Waals surface area (Å²) in [7, 11) is 0. The van der Waals surface area contributed by atoms with Gasteiger partial charge in [0.1, 0.15) is 0 Å². The van der Waals surface area contributed by atoms with Crippen LogP contribution in [0, 0.1) is 5.41 Å². The van der Waals surface area contributed by atoms with E-state index in [1.165, 1.54) is 6.92 Å². The van der Waals surface area contributed by atoms with E-state index in [0.29, 0.717) is 24.2 Å². The average Bonchev–Trinajstić information content (AvgIpc) is 2.52. The number of aliphatic hydroxyl groups is 1. The predicted molar refractivity (Wildman–Crippen MR) is 88.2 cm³/mol. The molecule has 0 spiro atoms. The fourth-order valence-electron chi connectivity index (χ4n) is 2.41. The SMILES string of the molecule is CCC(CC)(CCO)CNC(=O)Nc1ccc(C(C)=O)cc1. The highest BCUT2D eigenvalue weighted by atomic mass is 16.3. The highest BCUT2D eigenvalue weighted by molar-refractivity contribution is 5.95. The van der Waals surface area contributed by atoms with Gasteiger partial charge in [-0.05, 0) is 55.9 Å². The van der Waals surface area contributed by atoms with Crippen LogP contribution >= 0.6 is 0 Å². The van der Waals surface area contributed by atoms with Gasteiger partial charge >= 0.3 is 6.03 Å². The average molecular weight is 306 g/mol. The molecule has 1 aromatic rings. The number of ketones is 1. The van der Waals surface area contributed by atoms with Crippen LogP contribution in [0.25, 0.3) is 0 Å². The van der Waals surface area contributed by atoms with Crippen molar-refractivity contribution in [3.05, 3.63) is 29.8 Å². The van der Waals surface area contributed by atoms with E-state index >= 15 is 0 Å². The van der Waals surface area contributed by atoms with Crippen LogP contribution in [0.15, 0.2) is 24.3 Å². The second-order valence-corrected chi connectivity index (χ2v) is 5.62. The summed E-state index contributed by atoms with van der Waals surface area (Å²) in [5.74, 6) is -0.00400. The lowest BCUT2D eigenvalue weighted by molar-refractivity contribution is 0.101. The van der Waals surface area contributed by atoms with Crippen LogP contribution in [0.2, 0.25) is 0 Å². The molecule has 2 amide bonds. The van der Waals surface area contributed by atoms with Crippen LogP contribution in [0.1, 0.15) is 50.4 Å². The second-order valence-electron chi connectivity index (χ2n) is 5.62. The molecule has 0 aliphatic heterocycles. The lowest BCUT2D eigenvalue weighted by Gasteiger charge is -2.31. The molecule has 5 heteroatoms. The number of Topliss-reactive ketones (excluding diaryl/α,β-unsaturated/α-hetero) is 1. The Hall–Kier alpha value is -1.88. The molecular formula is C17H26N2O3. The summed E-state index contributed by atoms with van der Waals surface area (Å²) < 4.78 is 0. The standard InChI is InChI=1S/C17H26N2O3/c1-4-17(5-2,10-11-20)12-18-16(22)19-15-8-6-14(7-9-15)13(3)21/h6-9,20H,4-5,10-12H2,1-3H3,(H2,18,19,22). The number of amides is 2. The van der Waals surface area contributed by atoms with Crippen LogP contribution in [-0.4, -0.2) is 30.1 Å². The van der Waals surface area contributed by atoms with Gasteiger partial charge in [0.05, 0.1) is 0 Å². The Labute approximate surface area is 132 Å². The van der Waals surface area contributed by atoms with Gasteiger partial charge in [0.2, 0.25) is 0 Å². The van der Waals surface area contributed by atoms with Gasteiger partial charge in [-0.15, -0.1) is 0 Å². The van der Waals surface area contributed by atoms with Crippen LogP contribution in [0.4, 0.5) is 10.5 Å². The number of benzene rings is 1. The third kappa shape index (κ3) is 5.15. The molecule has 0 aliphatic rings. The molecule has 122 valence electrons. The van der Waals surface area contributed by atoms with Crippen molar-refractivity contribution in [2.24, 2.45) is 5.41 Å². The van der Waals surface area contributed by atoms with Crippen molar-refractivity contribution >= 4 is 17.5 Å². The van der Waals surface area contributed by atoms with Crippen molar-refractivity contribution in [1.29, 1.82) is 0 Å². The monoisotopic (exact) mass is 306 g/mol. The van der Waals surface area contributed by atoms with Crippen molar-refractivity contribution < 1.29 is 14.7 Å². The van der Waals surface area contributed by atoms with E-state index in [9.17, 15) is 14.7 Å². The van der Waals surface area contributed by atoms with Gasteiger partial charge in [-0.1, -0.05) is 13.8 Å². The number of anilines is 1. The minimum Gasteiger partial charge on any atom is -0.396 e. The molecule has 1 aromatic carbocycles. The molecule has 0 atom stereocenters. The summed E-state index contributed by atoms with van der Waals surface area (Å²) in [6.07, 6.45) is 2.48. The fraction of sp³-hybridized carbons (Fsp3) is 0.529. The van der Waals surface area contributed by atoms with Gasteiger partial charge in [-0.3, -0.25) is 4.79 Å². The Balaban J connectivity index is 2.56. The molecule has 1 rings (SSSR count). The van der Waals surface area contributed by atoms with E-state index in [2.05, 4.69) is 24.5 Å². The Kier molecular flexibility index (Phi) is 7.05. The Morgan fingerprint density at radius 1 is 1.14 bits per heavy atom. The third-order valence-corrected chi connectivity index (χ3v) is 4.32. The zero-order valence-electron chi connectivity index (χ0n) is 13.6. The summed E-state index contributed by atoms with van der Waals surface area (Å²) in [6, 6.07) is 6.51. The topological polar surface area (TPSA) is 78.4 Å². The number of nitrogens with one attached hydrogen (secondary N) is 2. The molecule has 3 N–H and O–H groups in total. The number of carbonyl (C=O) groups is 2. The van der Waals surface area contributed by atoms with E-state index in [1.54, 1.807) is 24.3 Å². The smallest absolute Gasteiger partial charge is 0.319 e. The lowest BCUT2D eigenvalue weighted by atomic mass is 9.79. The zero-order valence-corrected chi connectivity index (χ0v) is 13.6. The van der Waals surface area contributed by atoms with Gasteiger partial charge in [-0.2, -0.15) is 0 Å². The summed E-state index contributed by atoms with van der Waals surface area (Å²) >= 11 is 0. The van der Waals surface area contributed by atoms with Crippen molar-refractivity contribution in [2.75, 3.05) is 18.5 Å². The van der Waals surface area contributed by atoms with Gasteiger partial charge in [0.25, 0.3) is 0 Å². The molecular weight excluding hydrogens is 280 g/mol. The van der Waals surface area contributed by atoms with Crippen molar-refractivity contribution in [3.8, 4) is 0 Å². The van der Waals surface area contributed by atoms with E-state index in [0.717, 1.165) is 12.8 Å². The van der Waals surface area contributed by atoms with Gasteiger partial charge in [0, 0.05) is 24.4 Å². The van der Waals surface area contributed by atoms with E-state index in [-0.39, 0.29) is 23.8 Å². The van der Waals surface area contributed by atoms with Crippen LogP contribution in [0.3, 0.4) is 0 Å². The van der Waals surface area contributed by atoms with E-state index < -0.39 is 0 Å². The van der Waals surface area contributed by atoms with Crippen LogP contribution < -0.4 is 10.6 Å². The Morgan fingerprint density at radius 2 is 1.73 bits per heavy atom. The van der Waals surface area contributed by atoms with Crippen molar-refractivity contribution in [1.82, 2.24) is 5.32 Å². The lowest BCUT2D eigenvalue weighted by Crippen LogP contribution is -2.39. The molecule has 0 saturated carbocycles.